The van der Waals surface area contributed by atoms with E-state index in [1.807, 2.05) is 12.3 Å². The minimum atomic E-state index is -0.190. The van der Waals surface area contributed by atoms with Crippen molar-refractivity contribution < 1.29 is 0 Å². The van der Waals surface area contributed by atoms with Crippen LogP contribution in [0.15, 0.2) is 91.1 Å². The molecule has 0 radical (unpaired) electrons. The van der Waals surface area contributed by atoms with Crippen molar-refractivity contribution in [2.24, 2.45) is 5.73 Å². The van der Waals surface area contributed by atoms with Gasteiger partial charge < -0.3 is 11.1 Å². The summed E-state index contributed by atoms with van der Waals surface area (Å²) in [6.45, 7) is 0. The van der Waals surface area contributed by atoms with E-state index >= 15 is 0 Å². The fourth-order valence-electron chi connectivity index (χ4n) is 7.05. The molecule has 3 aliphatic rings. The predicted octanol–water partition coefficient (Wildman–Crippen LogP) is 8.71. The molecule has 41 heavy (non-hydrogen) atoms. The van der Waals surface area contributed by atoms with E-state index in [0.717, 1.165) is 63.9 Å². The molecule has 1 aliphatic heterocycles. The molecule has 3 heterocycles. The Balaban J connectivity index is 1.34. The Morgan fingerprint density at radius 1 is 0.780 bits per heavy atom. The van der Waals surface area contributed by atoms with Gasteiger partial charge in [-0.1, -0.05) is 79.9 Å². The highest BCUT2D eigenvalue weighted by Crippen LogP contribution is 2.45. The molecule has 3 aromatic carbocycles. The maximum absolute atomic E-state index is 6.70. The third-order valence-electron chi connectivity index (χ3n) is 9.57. The van der Waals surface area contributed by atoms with Gasteiger partial charge in [-0.05, 0) is 73.4 Å². The van der Waals surface area contributed by atoms with Gasteiger partial charge in [0.05, 0.1) is 22.8 Å². The van der Waals surface area contributed by atoms with Crippen LogP contribution in [0.2, 0.25) is 0 Å². The highest BCUT2D eigenvalue weighted by atomic mass is 15.2. The number of hydrogen-bond donors (Lipinski definition) is 2. The summed E-state index contributed by atoms with van der Waals surface area (Å²) in [6, 6.07) is 30.6. The van der Waals surface area contributed by atoms with E-state index in [2.05, 4.69) is 88.7 Å². The van der Waals surface area contributed by atoms with Crippen LogP contribution in [0, 0.1) is 0 Å². The average molecular weight is 538 g/mol. The maximum Gasteiger partial charge on any atom is 0.154 e. The highest BCUT2D eigenvalue weighted by molar-refractivity contribution is 5.90. The topological polar surface area (TPSA) is 68.8 Å². The first-order chi connectivity index (χ1) is 20.2. The second-order valence-corrected chi connectivity index (χ2v) is 12.1. The number of rotatable bonds is 4. The van der Waals surface area contributed by atoms with Crippen molar-refractivity contribution in [1.29, 1.82) is 0 Å². The molecule has 8 rings (SSSR count). The number of hydrogen-bond acceptors (Lipinski definition) is 4. The van der Waals surface area contributed by atoms with Crippen LogP contribution in [0.4, 0.5) is 11.5 Å². The lowest BCUT2D eigenvalue weighted by atomic mass is 9.72. The van der Waals surface area contributed by atoms with E-state index in [1.165, 1.54) is 49.7 Å². The average Bonchev–Trinajstić information content (AvgIpc) is 3.35. The lowest BCUT2D eigenvalue weighted by Gasteiger charge is -2.38. The van der Waals surface area contributed by atoms with Crippen LogP contribution >= 0.6 is 0 Å². The molecule has 2 aliphatic carbocycles. The molecule has 5 nitrogen and oxygen atoms in total. The van der Waals surface area contributed by atoms with Gasteiger partial charge in [0.1, 0.15) is 5.82 Å². The van der Waals surface area contributed by atoms with Crippen molar-refractivity contribution in [3.05, 3.63) is 102 Å². The Kier molecular flexibility index (Phi) is 5.82. The zero-order valence-corrected chi connectivity index (χ0v) is 23.3. The number of imidazole rings is 1. The lowest BCUT2D eigenvalue weighted by Crippen LogP contribution is -2.43. The molecule has 5 heteroatoms. The molecule has 2 aromatic heterocycles. The molecule has 204 valence electrons. The second kappa shape index (κ2) is 9.71. The first kappa shape index (κ1) is 24.6. The molecule has 0 amide bonds. The largest absolute Gasteiger partial charge is 0.338 e. The van der Waals surface area contributed by atoms with Crippen molar-refractivity contribution in [2.45, 2.75) is 62.8 Å². The Labute approximate surface area is 241 Å². The van der Waals surface area contributed by atoms with E-state index in [-0.39, 0.29) is 5.54 Å². The minimum absolute atomic E-state index is 0.190. The van der Waals surface area contributed by atoms with Crippen LogP contribution in [0.1, 0.15) is 68.4 Å². The fourth-order valence-corrected chi connectivity index (χ4v) is 7.05. The van der Waals surface area contributed by atoms with Crippen LogP contribution in [-0.4, -0.2) is 14.5 Å². The standard InChI is InChI=1S/C36H35N5/c37-36(21-7-22-36)28-19-17-27(18-20-28)33-32(26-15-13-25(14-16-26)24-8-2-1-3-9-24)40-35-29-10-4-5-11-30(29)39-34-31(41(33)35)12-6-23-38-34/h4-6,10-20,23-24H,1-3,7-9,21-22,37H2,(H,38,39). The molecule has 5 aromatic rings. The second-order valence-electron chi connectivity index (χ2n) is 12.1. The normalized spacial score (nSPS) is 17.4. The zero-order chi connectivity index (χ0) is 27.4. The summed E-state index contributed by atoms with van der Waals surface area (Å²) >= 11 is 0. The molecule has 0 atom stereocenters. The first-order valence-corrected chi connectivity index (χ1v) is 15.1. The van der Waals surface area contributed by atoms with Crippen LogP contribution < -0.4 is 11.1 Å². The van der Waals surface area contributed by atoms with Gasteiger partial charge in [-0.3, -0.25) is 4.57 Å². The van der Waals surface area contributed by atoms with E-state index < -0.39 is 0 Å². The number of pyridine rings is 1. The van der Waals surface area contributed by atoms with Gasteiger partial charge in [-0.25, -0.2) is 9.97 Å². The SMILES string of the molecule is NC1(c2ccc(-c3c(-c4ccc(C5CCCCC5)cc4)nc4n3-c3cccnc3Nc3ccccc3-4)cc2)CCC1. The Morgan fingerprint density at radius 3 is 2.29 bits per heavy atom. The Hall–Kier alpha value is -4.22. The maximum atomic E-state index is 6.70. The van der Waals surface area contributed by atoms with Gasteiger partial charge in [0.25, 0.3) is 0 Å². The highest BCUT2D eigenvalue weighted by Gasteiger charge is 2.34. The minimum Gasteiger partial charge on any atom is -0.338 e. The van der Waals surface area contributed by atoms with Crippen LogP contribution in [0.5, 0.6) is 0 Å². The number of fused-ring (bicyclic) bond motifs is 5. The van der Waals surface area contributed by atoms with Crippen molar-refractivity contribution in [3.63, 3.8) is 0 Å². The lowest BCUT2D eigenvalue weighted by molar-refractivity contribution is 0.253. The zero-order valence-electron chi connectivity index (χ0n) is 23.3. The third-order valence-corrected chi connectivity index (χ3v) is 9.57. The van der Waals surface area contributed by atoms with Gasteiger partial charge in [-0.15, -0.1) is 0 Å². The summed E-state index contributed by atoms with van der Waals surface area (Å²) in [7, 11) is 0. The molecule has 2 fully saturated rings. The van der Waals surface area contributed by atoms with Gasteiger partial charge in [0.15, 0.2) is 5.82 Å². The predicted molar refractivity (Wildman–Crippen MR) is 166 cm³/mol. The molecule has 3 N–H and O–H groups in total. The van der Waals surface area contributed by atoms with Gasteiger partial charge in [0, 0.05) is 28.4 Å². The van der Waals surface area contributed by atoms with Crippen LogP contribution in [-0.2, 0) is 5.54 Å². The van der Waals surface area contributed by atoms with Gasteiger partial charge >= 0.3 is 0 Å². The van der Waals surface area contributed by atoms with Crippen molar-refractivity contribution in [2.75, 3.05) is 5.32 Å². The molecular weight excluding hydrogens is 502 g/mol. The number of nitrogens with two attached hydrogens (primary N) is 1. The summed E-state index contributed by atoms with van der Waals surface area (Å²) in [5.41, 5.74) is 16.6. The molecule has 0 unspecified atom stereocenters. The number of para-hydroxylation sites is 1. The molecule has 0 spiro atoms. The summed E-state index contributed by atoms with van der Waals surface area (Å²) < 4.78 is 2.29. The van der Waals surface area contributed by atoms with Crippen molar-refractivity contribution in [1.82, 2.24) is 14.5 Å². The summed E-state index contributed by atoms with van der Waals surface area (Å²) in [5, 5.41) is 3.57. The van der Waals surface area contributed by atoms with E-state index in [9.17, 15) is 0 Å². The summed E-state index contributed by atoms with van der Waals surface area (Å²) in [6.07, 6.45) is 11.8. The number of nitrogens with one attached hydrogen (secondary N) is 1. The smallest absolute Gasteiger partial charge is 0.154 e. The number of benzene rings is 3. The molecular formula is C36H35N5. The summed E-state index contributed by atoms with van der Waals surface area (Å²) in [5.74, 6) is 2.41. The van der Waals surface area contributed by atoms with E-state index in [4.69, 9.17) is 15.7 Å². The van der Waals surface area contributed by atoms with Crippen LogP contribution in [0.3, 0.4) is 0 Å². The van der Waals surface area contributed by atoms with Gasteiger partial charge in [0.2, 0.25) is 0 Å². The van der Waals surface area contributed by atoms with E-state index in [0.29, 0.717) is 5.92 Å². The number of nitrogens with zero attached hydrogens (tertiary/aromatic N) is 3. The Bertz CT molecular complexity index is 1720. The van der Waals surface area contributed by atoms with E-state index in [1.54, 1.807) is 0 Å². The molecule has 0 bridgehead atoms. The number of anilines is 2. The summed E-state index contributed by atoms with van der Waals surface area (Å²) in [4.78, 5) is 10.2. The van der Waals surface area contributed by atoms with Crippen molar-refractivity contribution in [3.8, 4) is 39.6 Å². The Morgan fingerprint density at radius 2 is 1.54 bits per heavy atom. The molecule has 2 saturated carbocycles. The monoisotopic (exact) mass is 537 g/mol. The number of aromatic nitrogens is 3. The molecule has 0 saturated heterocycles. The third kappa shape index (κ3) is 4.10. The quantitative estimate of drug-likeness (QED) is 0.236. The van der Waals surface area contributed by atoms with Gasteiger partial charge in [-0.2, -0.15) is 0 Å². The first-order valence-electron chi connectivity index (χ1n) is 15.1. The van der Waals surface area contributed by atoms with Crippen LogP contribution in [0.25, 0.3) is 39.6 Å². The van der Waals surface area contributed by atoms with Crippen molar-refractivity contribution >= 4 is 11.5 Å². The fraction of sp³-hybridized carbons (Fsp3) is 0.278.